The van der Waals surface area contributed by atoms with E-state index in [0.717, 1.165) is 25.0 Å². The summed E-state index contributed by atoms with van der Waals surface area (Å²) in [5.41, 5.74) is -0.426. The number of carbonyl (C=O) groups excluding carboxylic acids is 1. The smallest absolute Gasteiger partial charge is 0.416 e. The fourth-order valence-corrected chi connectivity index (χ4v) is 3.33. The van der Waals surface area contributed by atoms with Gasteiger partial charge in [-0.05, 0) is 36.5 Å². The maximum Gasteiger partial charge on any atom is 0.416 e. The van der Waals surface area contributed by atoms with Gasteiger partial charge in [-0.1, -0.05) is 23.7 Å². The fourth-order valence-electron chi connectivity index (χ4n) is 3.13. The highest BCUT2D eigenvalue weighted by molar-refractivity contribution is 6.33. The van der Waals surface area contributed by atoms with Gasteiger partial charge in [0.15, 0.2) is 5.02 Å². The van der Waals surface area contributed by atoms with Crippen molar-refractivity contribution in [2.45, 2.75) is 38.7 Å². The number of halogens is 4. The quantitative estimate of drug-likeness (QED) is 0.524. The zero-order valence-corrected chi connectivity index (χ0v) is 18.1. The number of aromatic nitrogens is 2. The number of carbonyl (C=O) groups is 1. The summed E-state index contributed by atoms with van der Waals surface area (Å²) in [6.45, 7) is 2.64. The summed E-state index contributed by atoms with van der Waals surface area (Å²) in [5, 5.41) is 2.73. The molecule has 0 radical (unpaired) electrons. The molecule has 3 rings (SSSR count). The highest BCUT2D eigenvalue weighted by atomic mass is 35.5. The van der Waals surface area contributed by atoms with Crippen LogP contribution in [0.4, 0.5) is 13.2 Å². The van der Waals surface area contributed by atoms with E-state index < -0.39 is 11.7 Å². The number of rotatable bonds is 10. The molecule has 1 N–H and O–H groups in total. The van der Waals surface area contributed by atoms with E-state index in [9.17, 15) is 18.0 Å². The third kappa shape index (κ3) is 6.96. The van der Waals surface area contributed by atoms with Gasteiger partial charge in [-0.25, -0.2) is 9.97 Å². The van der Waals surface area contributed by atoms with Gasteiger partial charge >= 0.3 is 6.18 Å². The molecule has 0 unspecified atom stereocenters. The Hall–Kier alpha value is -2.59. The predicted octanol–water partition coefficient (Wildman–Crippen LogP) is 4.04. The van der Waals surface area contributed by atoms with Gasteiger partial charge < -0.3 is 19.5 Å². The average molecular weight is 474 g/mol. The number of hydrogen-bond donors (Lipinski definition) is 1. The Morgan fingerprint density at radius 1 is 1.22 bits per heavy atom. The average Bonchev–Trinajstić information content (AvgIpc) is 2.71. The highest BCUT2D eigenvalue weighted by Crippen LogP contribution is 2.34. The van der Waals surface area contributed by atoms with Crippen molar-refractivity contribution < 1.29 is 32.2 Å². The van der Waals surface area contributed by atoms with E-state index in [0.29, 0.717) is 25.3 Å². The van der Waals surface area contributed by atoms with Crippen LogP contribution in [0.25, 0.3) is 0 Å². The van der Waals surface area contributed by atoms with Gasteiger partial charge in [-0.2, -0.15) is 13.2 Å². The van der Waals surface area contributed by atoms with E-state index in [-0.39, 0.29) is 41.3 Å². The van der Waals surface area contributed by atoms with Crippen LogP contribution in [-0.2, 0) is 22.3 Å². The van der Waals surface area contributed by atoms with Crippen molar-refractivity contribution in [3.63, 3.8) is 0 Å². The molecule has 1 aromatic heterocycles. The number of nitrogens with one attached hydrogen (secondary N) is 1. The van der Waals surface area contributed by atoms with Crippen molar-refractivity contribution in [2.24, 2.45) is 5.92 Å². The number of amides is 1. The first-order valence-electron chi connectivity index (χ1n) is 10.0. The van der Waals surface area contributed by atoms with Gasteiger partial charge in [0.2, 0.25) is 17.7 Å². The minimum absolute atomic E-state index is 0.0295. The first kappa shape index (κ1) is 24.1. The molecule has 0 atom stereocenters. The zero-order valence-electron chi connectivity index (χ0n) is 17.3. The molecule has 0 saturated heterocycles. The van der Waals surface area contributed by atoms with Gasteiger partial charge in [0.25, 0.3) is 0 Å². The lowest BCUT2D eigenvalue weighted by molar-refractivity contribution is -0.137. The summed E-state index contributed by atoms with van der Waals surface area (Å²) in [6.07, 6.45) is -1.44. The minimum Gasteiger partial charge on any atom is -0.476 e. The van der Waals surface area contributed by atoms with Crippen LogP contribution in [0.2, 0.25) is 5.02 Å². The van der Waals surface area contributed by atoms with Crippen LogP contribution in [0, 0.1) is 5.92 Å². The first-order chi connectivity index (χ1) is 15.2. The van der Waals surface area contributed by atoms with E-state index in [2.05, 4.69) is 15.3 Å². The van der Waals surface area contributed by atoms with E-state index >= 15 is 0 Å². The van der Waals surface area contributed by atoms with Crippen LogP contribution in [0.5, 0.6) is 11.8 Å². The number of ether oxygens (including phenoxy) is 3. The van der Waals surface area contributed by atoms with Crippen molar-refractivity contribution in [1.82, 2.24) is 15.3 Å². The van der Waals surface area contributed by atoms with Crippen molar-refractivity contribution in [1.29, 1.82) is 0 Å². The molecule has 0 spiro atoms. The molecular weight excluding hydrogens is 451 g/mol. The molecule has 1 saturated carbocycles. The molecule has 1 heterocycles. The lowest BCUT2D eigenvalue weighted by Gasteiger charge is -2.34. The van der Waals surface area contributed by atoms with Gasteiger partial charge in [0.1, 0.15) is 12.9 Å². The monoisotopic (exact) mass is 473 g/mol. The molecule has 1 fully saturated rings. The molecule has 7 nitrogen and oxygen atoms in total. The standard InChI is InChI=1S/C21H23ClF3N3O4/c1-13(29)26-5-6-30-17-8-15(9-17)11-32-20-18(22)19(27-12-28-20)31-10-14-3-2-4-16(7-14)21(23,24)25/h2-4,7,12,15,17H,5-6,8-11H2,1H3,(H,26,29). The third-order valence-electron chi connectivity index (χ3n) is 4.83. The zero-order chi connectivity index (χ0) is 23.1. The fraction of sp³-hybridized carbons (Fsp3) is 0.476. The maximum absolute atomic E-state index is 12.8. The van der Waals surface area contributed by atoms with Crippen LogP contribution < -0.4 is 14.8 Å². The van der Waals surface area contributed by atoms with Gasteiger partial charge in [-0.3, -0.25) is 4.79 Å². The molecular formula is C21H23ClF3N3O4. The predicted molar refractivity (Wildman–Crippen MR) is 109 cm³/mol. The normalized spacial score (nSPS) is 18.0. The van der Waals surface area contributed by atoms with Crippen molar-refractivity contribution in [2.75, 3.05) is 19.8 Å². The SMILES string of the molecule is CC(=O)NCCOC1CC(COc2ncnc(OCc3cccc(C(F)(F)F)c3)c2Cl)C1. The Bertz CT molecular complexity index is 923. The van der Waals surface area contributed by atoms with Gasteiger partial charge in [-0.15, -0.1) is 0 Å². The van der Waals surface area contributed by atoms with Gasteiger partial charge in [0, 0.05) is 13.5 Å². The summed E-state index contributed by atoms with van der Waals surface area (Å²) < 4.78 is 55.3. The van der Waals surface area contributed by atoms with E-state index in [1.54, 1.807) is 0 Å². The van der Waals surface area contributed by atoms with E-state index in [1.165, 1.54) is 25.4 Å². The Balaban J connectivity index is 1.45. The Kier molecular flexibility index (Phi) is 8.14. The van der Waals surface area contributed by atoms with Crippen molar-refractivity contribution in [3.8, 4) is 11.8 Å². The Morgan fingerprint density at radius 3 is 2.62 bits per heavy atom. The van der Waals surface area contributed by atoms with E-state index in [4.69, 9.17) is 25.8 Å². The summed E-state index contributed by atoms with van der Waals surface area (Å²) in [7, 11) is 0. The van der Waals surface area contributed by atoms with Crippen molar-refractivity contribution >= 4 is 17.5 Å². The topological polar surface area (TPSA) is 82.6 Å². The third-order valence-corrected chi connectivity index (χ3v) is 5.16. The molecule has 174 valence electrons. The second kappa shape index (κ2) is 10.8. The maximum atomic E-state index is 12.8. The second-order valence-corrected chi connectivity index (χ2v) is 7.79. The molecule has 1 amide bonds. The summed E-state index contributed by atoms with van der Waals surface area (Å²) >= 11 is 6.25. The lowest BCUT2D eigenvalue weighted by Crippen LogP contribution is -2.37. The molecule has 32 heavy (non-hydrogen) atoms. The molecule has 1 aliphatic carbocycles. The van der Waals surface area contributed by atoms with Crippen LogP contribution in [0.15, 0.2) is 30.6 Å². The van der Waals surface area contributed by atoms with Crippen molar-refractivity contribution in [3.05, 3.63) is 46.7 Å². The first-order valence-corrected chi connectivity index (χ1v) is 10.4. The number of nitrogens with zero attached hydrogens (tertiary/aromatic N) is 2. The lowest BCUT2D eigenvalue weighted by atomic mass is 9.83. The number of alkyl halides is 3. The number of hydrogen-bond acceptors (Lipinski definition) is 6. The Labute approximate surface area is 188 Å². The molecule has 1 aromatic carbocycles. The van der Waals surface area contributed by atoms with Crippen LogP contribution >= 0.6 is 11.6 Å². The van der Waals surface area contributed by atoms with Crippen LogP contribution in [0.1, 0.15) is 30.9 Å². The largest absolute Gasteiger partial charge is 0.476 e. The molecule has 0 aliphatic heterocycles. The second-order valence-electron chi connectivity index (χ2n) is 7.41. The Morgan fingerprint density at radius 2 is 1.94 bits per heavy atom. The summed E-state index contributed by atoms with van der Waals surface area (Å²) in [6, 6.07) is 4.84. The van der Waals surface area contributed by atoms with Crippen LogP contribution in [-0.4, -0.2) is 41.7 Å². The van der Waals surface area contributed by atoms with Gasteiger partial charge in [0.05, 0.1) is 24.9 Å². The summed E-state index contributed by atoms with van der Waals surface area (Å²) in [5.74, 6) is 0.368. The highest BCUT2D eigenvalue weighted by Gasteiger charge is 2.31. The molecule has 0 bridgehead atoms. The molecule has 1 aliphatic rings. The molecule has 11 heteroatoms. The molecule has 2 aromatic rings. The summed E-state index contributed by atoms with van der Waals surface area (Å²) in [4.78, 5) is 18.7. The van der Waals surface area contributed by atoms with E-state index in [1.807, 2.05) is 0 Å². The van der Waals surface area contributed by atoms with Crippen LogP contribution in [0.3, 0.4) is 0 Å². The number of benzene rings is 1. The minimum atomic E-state index is -4.43.